The summed E-state index contributed by atoms with van der Waals surface area (Å²) in [5.41, 5.74) is 2.10. The normalized spacial score (nSPS) is 19.8. The smallest absolute Gasteiger partial charge is 0.280 e. The molecule has 3 heterocycles. The maximum Gasteiger partial charge on any atom is 0.280 e. The highest BCUT2D eigenvalue weighted by atomic mass is 16.1. The van der Waals surface area contributed by atoms with Gasteiger partial charge >= 0.3 is 0 Å². The van der Waals surface area contributed by atoms with Gasteiger partial charge in [0.05, 0.1) is 5.69 Å². The highest BCUT2D eigenvalue weighted by Gasteiger charge is 2.22. The lowest BCUT2D eigenvalue weighted by atomic mass is 10.0. The molecule has 3 rings (SSSR count). The van der Waals surface area contributed by atoms with Crippen molar-refractivity contribution in [2.45, 2.75) is 26.7 Å². The van der Waals surface area contributed by atoms with Gasteiger partial charge in [-0.3, -0.25) is 14.0 Å². The highest BCUT2D eigenvalue weighted by molar-refractivity contribution is 5.77. The number of hydrogen-bond acceptors (Lipinski definition) is 4. The number of anilines is 1. The van der Waals surface area contributed by atoms with Gasteiger partial charge in [0.2, 0.25) is 5.95 Å². The topological polar surface area (TPSA) is 56.0 Å². The van der Waals surface area contributed by atoms with Crippen LogP contribution < -0.4 is 10.5 Å². The zero-order valence-corrected chi connectivity index (χ0v) is 12.6. The molecule has 6 nitrogen and oxygen atoms in total. The standard InChI is InChI=1S/C14H21N5O/c1-9-6-5-7-19(8-9)14-15-11-10(2)16-18(4)12(11)13(20)17(14)3/h9H,5-8H2,1-4H3. The summed E-state index contributed by atoms with van der Waals surface area (Å²) in [5, 5.41) is 4.32. The number of nitrogens with zero attached hydrogens (tertiary/aromatic N) is 5. The number of piperidine rings is 1. The molecule has 1 aliphatic heterocycles. The Labute approximate surface area is 118 Å². The Morgan fingerprint density at radius 1 is 1.30 bits per heavy atom. The molecule has 6 heteroatoms. The Hall–Kier alpha value is -1.85. The maximum absolute atomic E-state index is 12.5. The summed E-state index contributed by atoms with van der Waals surface area (Å²) in [4.78, 5) is 19.5. The van der Waals surface area contributed by atoms with Gasteiger partial charge in [-0.05, 0) is 25.7 Å². The van der Waals surface area contributed by atoms with Gasteiger partial charge in [0, 0.05) is 27.2 Å². The van der Waals surface area contributed by atoms with E-state index in [0.717, 1.165) is 36.7 Å². The van der Waals surface area contributed by atoms with Crippen LogP contribution in [0.15, 0.2) is 4.79 Å². The Kier molecular flexibility index (Phi) is 3.03. The Morgan fingerprint density at radius 3 is 2.75 bits per heavy atom. The lowest BCUT2D eigenvalue weighted by Crippen LogP contribution is -2.38. The summed E-state index contributed by atoms with van der Waals surface area (Å²) in [5.74, 6) is 1.41. The molecule has 0 amide bonds. The van der Waals surface area contributed by atoms with Crippen LogP contribution in [0.25, 0.3) is 11.0 Å². The van der Waals surface area contributed by atoms with E-state index < -0.39 is 0 Å². The Balaban J connectivity index is 2.19. The first-order valence-corrected chi connectivity index (χ1v) is 7.14. The molecule has 0 aromatic carbocycles. The summed E-state index contributed by atoms with van der Waals surface area (Å²) < 4.78 is 3.28. The van der Waals surface area contributed by atoms with Crippen molar-refractivity contribution in [2.75, 3.05) is 18.0 Å². The zero-order valence-electron chi connectivity index (χ0n) is 12.6. The van der Waals surface area contributed by atoms with Crippen LogP contribution in [0.4, 0.5) is 5.95 Å². The van der Waals surface area contributed by atoms with Crippen LogP contribution in [-0.2, 0) is 14.1 Å². The second kappa shape index (κ2) is 4.61. The number of aryl methyl sites for hydroxylation is 2. The lowest BCUT2D eigenvalue weighted by Gasteiger charge is -2.32. The quantitative estimate of drug-likeness (QED) is 0.785. The van der Waals surface area contributed by atoms with Crippen LogP contribution in [0.5, 0.6) is 0 Å². The molecule has 108 valence electrons. The van der Waals surface area contributed by atoms with E-state index >= 15 is 0 Å². The largest absolute Gasteiger partial charge is 0.342 e. The van der Waals surface area contributed by atoms with E-state index in [9.17, 15) is 4.79 Å². The molecule has 0 bridgehead atoms. The van der Waals surface area contributed by atoms with E-state index in [4.69, 9.17) is 4.98 Å². The fourth-order valence-corrected chi connectivity index (χ4v) is 3.10. The predicted octanol–water partition coefficient (Wildman–Crippen LogP) is 1.21. The molecule has 1 saturated heterocycles. The van der Waals surface area contributed by atoms with E-state index in [1.807, 2.05) is 6.92 Å². The molecule has 20 heavy (non-hydrogen) atoms. The van der Waals surface area contributed by atoms with Crippen molar-refractivity contribution in [1.29, 1.82) is 0 Å². The molecule has 0 saturated carbocycles. The molecule has 2 aromatic rings. The van der Waals surface area contributed by atoms with Gasteiger partial charge in [-0.1, -0.05) is 6.92 Å². The van der Waals surface area contributed by atoms with Crippen molar-refractivity contribution in [2.24, 2.45) is 20.0 Å². The van der Waals surface area contributed by atoms with E-state index in [-0.39, 0.29) is 5.56 Å². The molecule has 1 fully saturated rings. The van der Waals surface area contributed by atoms with Gasteiger partial charge in [-0.15, -0.1) is 0 Å². The average Bonchev–Trinajstić information content (AvgIpc) is 2.68. The number of aromatic nitrogens is 4. The van der Waals surface area contributed by atoms with Crippen molar-refractivity contribution < 1.29 is 0 Å². The van der Waals surface area contributed by atoms with Crippen molar-refractivity contribution in [3.05, 3.63) is 16.0 Å². The van der Waals surface area contributed by atoms with E-state index in [2.05, 4.69) is 16.9 Å². The van der Waals surface area contributed by atoms with Crippen LogP contribution in [0.2, 0.25) is 0 Å². The number of fused-ring (bicyclic) bond motifs is 1. The molecule has 0 spiro atoms. The van der Waals surface area contributed by atoms with Crippen molar-refractivity contribution in [3.63, 3.8) is 0 Å². The van der Waals surface area contributed by atoms with Crippen LogP contribution in [0.3, 0.4) is 0 Å². The van der Waals surface area contributed by atoms with Gasteiger partial charge in [0.25, 0.3) is 5.56 Å². The predicted molar refractivity (Wildman–Crippen MR) is 79.1 cm³/mol. The zero-order chi connectivity index (χ0) is 14.4. The molecular weight excluding hydrogens is 254 g/mol. The second-order valence-electron chi connectivity index (χ2n) is 5.88. The molecule has 2 aromatic heterocycles. The molecule has 1 aliphatic rings. The van der Waals surface area contributed by atoms with Gasteiger partial charge in [-0.25, -0.2) is 4.98 Å². The fraction of sp³-hybridized carbons (Fsp3) is 0.643. The molecule has 1 unspecified atom stereocenters. The van der Waals surface area contributed by atoms with Crippen molar-refractivity contribution in [1.82, 2.24) is 19.3 Å². The maximum atomic E-state index is 12.5. The van der Waals surface area contributed by atoms with Crippen LogP contribution in [0, 0.1) is 12.8 Å². The molecule has 0 N–H and O–H groups in total. The Bertz CT molecular complexity index is 714. The summed E-state index contributed by atoms with van der Waals surface area (Å²) in [6.07, 6.45) is 2.40. The minimum Gasteiger partial charge on any atom is -0.342 e. The monoisotopic (exact) mass is 275 g/mol. The first kappa shape index (κ1) is 13.1. The SMILES string of the molecule is Cc1nn(C)c2c(=O)n(C)c(N3CCCC(C)C3)nc12. The number of rotatable bonds is 1. The third-order valence-corrected chi connectivity index (χ3v) is 4.15. The summed E-state index contributed by atoms with van der Waals surface area (Å²) in [6, 6.07) is 0. The summed E-state index contributed by atoms with van der Waals surface area (Å²) in [6.45, 7) is 6.08. The molecule has 0 radical (unpaired) electrons. The minimum atomic E-state index is -0.0219. The lowest BCUT2D eigenvalue weighted by molar-refractivity contribution is 0.438. The van der Waals surface area contributed by atoms with Gasteiger partial charge in [0.15, 0.2) is 5.52 Å². The summed E-state index contributed by atoms with van der Waals surface area (Å²) in [7, 11) is 3.59. The summed E-state index contributed by atoms with van der Waals surface area (Å²) >= 11 is 0. The van der Waals surface area contributed by atoms with Crippen molar-refractivity contribution >= 4 is 17.0 Å². The van der Waals surface area contributed by atoms with Crippen LogP contribution >= 0.6 is 0 Å². The van der Waals surface area contributed by atoms with Gasteiger partial charge in [0.1, 0.15) is 5.52 Å². The van der Waals surface area contributed by atoms with Crippen LogP contribution in [-0.4, -0.2) is 32.4 Å². The fourth-order valence-electron chi connectivity index (χ4n) is 3.10. The molecular formula is C14H21N5O. The van der Waals surface area contributed by atoms with Crippen molar-refractivity contribution in [3.8, 4) is 0 Å². The molecule has 0 aliphatic carbocycles. The first-order valence-electron chi connectivity index (χ1n) is 7.14. The number of hydrogen-bond donors (Lipinski definition) is 0. The third-order valence-electron chi connectivity index (χ3n) is 4.15. The Morgan fingerprint density at radius 2 is 2.05 bits per heavy atom. The second-order valence-corrected chi connectivity index (χ2v) is 5.88. The average molecular weight is 275 g/mol. The third kappa shape index (κ3) is 1.90. The minimum absolute atomic E-state index is 0.0219. The van der Waals surface area contributed by atoms with Gasteiger partial charge in [-0.2, -0.15) is 5.10 Å². The van der Waals surface area contributed by atoms with Crippen LogP contribution in [0.1, 0.15) is 25.5 Å². The highest BCUT2D eigenvalue weighted by Crippen LogP contribution is 2.22. The van der Waals surface area contributed by atoms with E-state index in [0.29, 0.717) is 11.4 Å². The molecule has 1 atom stereocenters. The van der Waals surface area contributed by atoms with E-state index in [1.54, 1.807) is 23.3 Å². The van der Waals surface area contributed by atoms with E-state index in [1.165, 1.54) is 6.42 Å². The first-order chi connectivity index (χ1) is 9.49. The van der Waals surface area contributed by atoms with Gasteiger partial charge < -0.3 is 4.90 Å².